The van der Waals surface area contributed by atoms with Crippen LogP contribution in [0.4, 0.5) is 11.4 Å². The molecule has 18 heavy (non-hydrogen) atoms. The van der Waals surface area contributed by atoms with Gasteiger partial charge in [0.15, 0.2) is 0 Å². The summed E-state index contributed by atoms with van der Waals surface area (Å²) in [4.78, 5) is 11.8. The van der Waals surface area contributed by atoms with Crippen LogP contribution in [-0.4, -0.2) is 12.5 Å². The molecule has 0 fully saturated rings. The number of carbonyl (C=O) groups is 1. The van der Waals surface area contributed by atoms with Gasteiger partial charge in [-0.15, -0.1) is 0 Å². The van der Waals surface area contributed by atoms with E-state index >= 15 is 0 Å². The van der Waals surface area contributed by atoms with Gasteiger partial charge in [-0.25, -0.2) is 0 Å². The predicted molar refractivity (Wildman–Crippen MR) is 71.9 cm³/mol. The maximum Gasteiger partial charge on any atom is 0.267 e. The van der Waals surface area contributed by atoms with Gasteiger partial charge in [-0.1, -0.05) is 11.6 Å². The van der Waals surface area contributed by atoms with Crippen LogP contribution in [0.3, 0.4) is 0 Å². The first-order valence-corrected chi connectivity index (χ1v) is 5.66. The average molecular weight is 265 g/mol. The minimum Gasteiger partial charge on any atom is -0.399 e. The van der Waals surface area contributed by atoms with E-state index in [-0.39, 0.29) is 5.57 Å². The number of benzene rings is 1. The molecule has 0 saturated carbocycles. The maximum atomic E-state index is 11.8. The molecule has 0 bridgehead atoms. The summed E-state index contributed by atoms with van der Waals surface area (Å²) in [6.07, 6.45) is 1.36. The zero-order chi connectivity index (χ0) is 13.5. The molecule has 0 aliphatic rings. The third-order valence-corrected chi connectivity index (χ3v) is 2.37. The lowest BCUT2D eigenvalue weighted by atomic mass is 10.2. The molecule has 1 aromatic carbocycles. The highest BCUT2D eigenvalue weighted by Gasteiger charge is 2.10. The standard InChI is InChI=1S/C12H13ClN4O/c1-2-16-7-8(6-14)12(18)17-11-4-3-9(15)5-10(11)13/h3-5,7,16H,2,15H2,1H3,(H,17,18)/b8-7-. The fourth-order valence-electron chi connectivity index (χ4n) is 1.18. The van der Waals surface area contributed by atoms with Crippen LogP contribution in [0.1, 0.15) is 6.92 Å². The molecule has 1 amide bonds. The van der Waals surface area contributed by atoms with Crippen molar-refractivity contribution in [2.75, 3.05) is 17.6 Å². The zero-order valence-electron chi connectivity index (χ0n) is 9.83. The highest BCUT2D eigenvalue weighted by molar-refractivity contribution is 6.34. The van der Waals surface area contributed by atoms with Crippen molar-refractivity contribution in [3.05, 3.63) is 35.0 Å². The predicted octanol–water partition coefficient (Wildman–Crippen LogP) is 1.88. The molecule has 1 rings (SSSR count). The molecule has 0 aromatic heterocycles. The van der Waals surface area contributed by atoms with Crippen LogP contribution in [0.5, 0.6) is 0 Å². The summed E-state index contributed by atoms with van der Waals surface area (Å²) in [5.41, 5.74) is 6.43. The first-order chi connectivity index (χ1) is 8.58. The number of hydrogen-bond acceptors (Lipinski definition) is 4. The van der Waals surface area contributed by atoms with Gasteiger partial charge in [-0.3, -0.25) is 4.79 Å². The second-order valence-corrected chi connectivity index (χ2v) is 3.83. The number of halogens is 1. The van der Waals surface area contributed by atoms with E-state index in [1.807, 2.05) is 6.92 Å². The minimum atomic E-state index is -0.523. The number of nitrogens with two attached hydrogens (primary N) is 1. The lowest BCUT2D eigenvalue weighted by Crippen LogP contribution is -2.16. The van der Waals surface area contributed by atoms with Crippen molar-refractivity contribution in [2.24, 2.45) is 0 Å². The third-order valence-electron chi connectivity index (χ3n) is 2.06. The van der Waals surface area contributed by atoms with E-state index in [9.17, 15) is 4.79 Å². The molecule has 0 aliphatic heterocycles. The second kappa shape index (κ2) is 6.52. The van der Waals surface area contributed by atoms with Crippen molar-refractivity contribution in [2.45, 2.75) is 6.92 Å². The van der Waals surface area contributed by atoms with Gasteiger partial charge in [0.25, 0.3) is 5.91 Å². The molecule has 0 atom stereocenters. The molecule has 4 N–H and O–H groups in total. The van der Waals surface area contributed by atoms with E-state index < -0.39 is 5.91 Å². The van der Waals surface area contributed by atoms with E-state index in [0.717, 1.165) is 0 Å². The van der Waals surface area contributed by atoms with E-state index in [1.165, 1.54) is 12.3 Å². The van der Waals surface area contributed by atoms with Crippen LogP contribution < -0.4 is 16.4 Å². The number of nitrogens with zero attached hydrogens (tertiary/aromatic N) is 1. The Morgan fingerprint density at radius 3 is 2.89 bits per heavy atom. The molecule has 0 saturated heterocycles. The molecule has 6 heteroatoms. The molecule has 0 spiro atoms. The monoisotopic (exact) mass is 264 g/mol. The Kier molecular flexibility index (Phi) is 5.03. The van der Waals surface area contributed by atoms with Crippen LogP contribution >= 0.6 is 11.6 Å². The molecular formula is C12H13ClN4O. The molecule has 0 heterocycles. The normalized spacial score (nSPS) is 10.6. The number of rotatable bonds is 4. The summed E-state index contributed by atoms with van der Waals surface area (Å²) in [7, 11) is 0. The van der Waals surface area contributed by atoms with Crippen molar-refractivity contribution in [1.82, 2.24) is 5.32 Å². The van der Waals surface area contributed by atoms with Crippen LogP contribution in [0.15, 0.2) is 30.0 Å². The van der Waals surface area contributed by atoms with Crippen LogP contribution in [-0.2, 0) is 4.79 Å². The zero-order valence-corrected chi connectivity index (χ0v) is 10.6. The number of nitrogens with one attached hydrogen (secondary N) is 2. The molecular weight excluding hydrogens is 252 g/mol. The molecule has 5 nitrogen and oxygen atoms in total. The Morgan fingerprint density at radius 1 is 1.61 bits per heavy atom. The van der Waals surface area contributed by atoms with Gasteiger partial charge in [-0.2, -0.15) is 5.26 Å². The highest BCUT2D eigenvalue weighted by atomic mass is 35.5. The van der Waals surface area contributed by atoms with Crippen molar-refractivity contribution in [3.8, 4) is 6.07 Å². The highest BCUT2D eigenvalue weighted by Crippen LogP contribution is 2.24. The molecule has 0 aliphatic carbocycles. The van der Waals surface area contributed by atoms with E-state index in [2.05, 4.69) is 10.6 Å². The number of nitrogen functional groups attached to an aromatic ring is 1. The van der Waals surface area contributed by atoms with Crippen molar-refractivity contribution >= 4 is 28.9 Å². The van der Waals surface area contributed by atoms with Gasteiger partial charge in [0.1, 0.15) is 11.6 Å². The summed E-state index contributed by atoms with van der Waals surface area (Å²) in [6.45, 7) is 2.49. The Morgan fingerprint density at radius 2 is 2.33 bits per heavy atom. The van der Waals surface area contributed by atoms with Crippen LogP contribution in [0, 0.1) is 11.3 Å². The SMILES string of the molecule is CCN/C=C(/C#N)C(=O)Nc1ccc(N)cc1Cl. The van der Waals surface area contributed by atoms with E-state index in [1.54, 1.807) is 18.2 Å². The number of amides is 1. The Hall–Kier alpha value is -2.19. The first kappa shape index (κ1) is 13.9. The smallest absolute Gasteiger partial charge is 0.267 e. The number of anilines is 2. The quantitative estimate of drug-likeness (QED) is 0.440. The summed E-state index contributed by atoms with van der Waals surface area (Å²) in [5.74, 6) is -0.523. The summed E-state index contributed by atoms with van der Waals surface area (Å²) in [6, 6.07) is 6.53. The minimum absolute atomic E-state index is 0.0234. The van der Waals surface area contributed by atoms with E-state index in [0.29, 0.717) is 22.9 Å². The van der Waals surface area contributed by atoms with Gasteiger partial charge in [0.2, 0.25) is 0 Å². The summed E-state index contributed by atoms with van der Waals surface area (Å²) < 4.78 is 0. The molecule has 0 radical (unpaired) electrons. The van der Waals surface area contributed by atoms with Crippen molar-refractivity contribution in [3.63, 3.8) is 0 Å². The topological polar surface area (TPSA) is 90.9 Å². The van der Waals surface area contributed by atoms with Gasteiger partial charge in [-0.05, 0) is 25.1 Å². The van der Waals surface area contributed by atoms with Gasteiger partial charge < -0.3 is 16.4 Å². The largest absolute Gasteiger partial charge is 0.399 e. The first-order valence-electron chi connectivity index (χ1n) is 5.28. The lowest BCUT2D eigenvalue weighted by Gasteiger charge is -2.07. The molecule has 0 unspecified atom stereocenters. The fourth-order valence-corrected chi connectivity index (χ4v) is 1.41. The molecule has 1 aromatic rings. The van der Waals surface area contributed by atoms with Gasteiger partial charge >= 0.3 is 0 Å². The average Bonchev–Trinajstić information content (AvgIpc) is 2.34. The molecule has 94 valence electrons. The van der Waals surface area contributed by atoms with Crippen molar-refractivity contribution < 1.29 is 4.79 Å². The fraction of sp³-hybridized carbons (Fsp3) is 0.167. The van der Waals surface area contributed by atoms with Gasteiger partial charge in [0, 0.05) is 18.4 Å². The van der Waals surface area contributed by atoms with Crippen LogP contribution in [0.25, 0.3) is 0 Å². The number of hydrogen-bond donors (Lipinski definition) is 3. The van der Waals surface area contributed by atoms with Gasteiger partial charge in [0.05, 0.1) is 10.7 Å². The number of nitriles is 1. The number of carbonyl (C=O) groups excluding carboxylic acids is 1. The Labute approximate surface area is 110 Å². The van der Waals surface area contributed by atoms with E-state index in [4.69, 9.17) is 22.6 Å². The maximum absolute atomic E-state index is 11.8. The summed E-state index contributed by atoms with van der Waals surface area (Å²) in [5, 5.41) is 14.5. The lowest BCUT2D eigenvalue weighted by molar-refractivity contribution is -0.112. The van der Waals surface area contributed by atoms with Crippen molar-refractivity contribution in [1.29, 1.82) is 5.26 Å². The second-order valence-electron chi connectivity index (χ2n) is 3.42. The Balaban J connectivity index is 2.84. The third kappa shape index (κ3) is 3.68. The summed E-state index contributed by atoms with van der Waals surface area (Å²) >= 11 is 5.91. The Bertz CT molecular complexity index is 519. The van der Waals surface area contributed by atoms with Crippen LogP contribution in [0.2, 0.25) is 5.02 Å².